The Morgan fingerprint density at radius 3 is 2.07 bits per heavy atom. The Labute approximate surface area is 166 Å². The zero-order chi connectivity index (χ0) is 20.5. The zero-order valence-electron chi connectivity index (χ0n) is 16.9. The second-order valence-electron chi connectivity index (χ2n) is 6.86. The van der Waals surface area contributed by atoms with Crippen molar-refractivity contribution in [2.75, 3.05) is 7.05 Å². The molecule has 0 fully saturated rings. The summed E-state index contributed by atoms with van der Waals surface area (Å²) in [5.41, 5.74) is 3.16. The first-order valence-corrected chi connectivity index (χ1v) is 9.81. The van der Waals surface area contributed by atoms with Crippen LogP contribution in [-0.2, 0) is 29.0 Å². The van der Waals surface area contributed by atoms with Gasteiger partial charge in [-0.05, 0) is 48.1 Å². The average Bonchev–Trinajstić information content (AvgIpc) is 2.73. The van der Waals surface area contributed by atoms with Crippen molar-refractivity contribution in [3.05, 3.63) is 71.0 Å². The van der Waals surface area contributed by atoms with E-state index in [1.54, 1.807) is 24.1 Å². The molecule has 2 amide bonds. The number of nitrogens with zero attached hydrogens (tertiary/aromatic N) is 1. The Morgan fingerprint density at radius 2 is 1.54 bits per heavy atom. The van der Waals surface area contributed by atoms with E-state index >= 15 is 0 Å². The molecule has 0 aliphatic carbocycles. The van der Waals surface area contributed by atoms with Crippen LogP contribution in [0.3, 0.4) is 0 Å². The van der Waals surface area contributed by atoms with Gasteiger partial charge in [-0.1, -0.05) is 50.2 Å². The normalized spacial score (nSPS) is 11.7. The summed E-state index contributed by atoms with van der Waals surface area (Å²) < 4.78 is 13.2. The lowest BCUT2D eigenvalue weighted by molar-refractivity contribution is -0.141. The molecule has 0 saturated heterocycles. The third kappa shape index (κ3) is 5.91. The number of aryl methyl sites for hydroxylation is 2. The van der Waals surface area contributed by atoms with Gasteiger partial charge >= 0.3 is 0 Å². The molecule has 2 aromatic carbocycles. The summed E-state index contributed by atoms with van der Waals surface area (Å²) in [4.78, 5) is 26.9. The second kappa shape index (κ2) is 10.6. The molecule has 0 aliphatic heterocycles. The molecule has 0 aromatic heterocycles. The van der Waals surface area contributed by atoms with E-state index in [1.165, 1.54) is 17.7 Å². The minimum atomic E-state index is -0.551. The van der Waals surface area contributed by atoms with Gasteiger partial charge in [-0.3, -0.25) is 9.59 Å². The smallest absolute Gasteiger partial charge is 0.242 e. The number of amides is 2. The second-order valence-corrected chi connectivity index (χ2v) is 6.86. The monoisotopic (exact) mass is 384 g/mol. The van der Waals surface area contributed by atoms with Crippen molar-refractivity contribution in [3.63, 3.8) is 0 Å². The van der Waals surface area contributed by atoms with Gasteiger partial charge in [0.25, 0.3) is 0 Å². The van der Waals surface area contributed by atoms with Crippen molar-refractivity contribution >= 4 is 11.8 Å². The van der Waals surface area contributed by atoms with Crippen molar-refractivity contribution in [2.24, 2.45) is 0 Å². The average molecular weight is 384 g/mol. The molecule has 2 rings (SSSR count). The molecule has 1 N–H and O–H groups in total. The fraction of sp³-hybridized carbons (Fsp3) is 0.391. The Balaban J connectivity index is 2.14. The van der Waals surface area contributed by atoms with Crippen LogP contribution in [-0.4, -0.2) is 29.8 Å². The van der Waals surface area contributed by atoms with Gasteiger partial charge in [-0.2, -0.15) is 0 Å². The summed E-state index contributed by atoms with van der Waals surface area (Å²) in [7, 11) is 1.57. The minimum absolute atomic E-state index is 0.0839. The van der Waals surface area contributed by atoms with E-state index in [0.29, 0.717) is 19.3 Å². The SMILES string of the molecule is CCc1ccc(CCC(=O)N(Cc2ccc(F)cc2)[C@@H](CC)C(=O)NC)cc1. The summed E-state index contributed by atoms with van der Waals surface area (Å²) in [5.74, 6) is -0.597. The fourth-order valence-corrected chi connectivity index (χ4v) is 3.21. The van der Waals surface area contributed by atoms with E-state index in [-0.39, 0.29) is 24.2 Å². The Morgan fingerprint density at radius 1 is 0.964 bits per heavy atom. The number of halogens is 1. The first-order valence-electron chi connectivity index (χ1n) is 9.81. The van der Waals surface area contributed by atoms with Crippen LogP contribution in [0.5, 0.6) is 0 Å². The highest BCUT2D eigenvalue weighted by molar-refractivity contribution is 5.87. The van der Waals surface area contributed by atoms with Gasteiger partial charge in [0.1, 0.15) is 11.9 Å². The van der Waals surface area contributed by atoms with Crippen molar-refractivity contribution in [1.82, 2.24) is 10.2 Å². The van der Waals surface area contributed by atoms with Gasteiger partial charge in [0.15, 0.2) is 0 Å². The third-order valence-electron chi connectivity index (χ3n) is 4.96. The molecule has 4 nitrogen and oxygen atoms in total. The molecule has 0 heterocycles. The Hall–Kier alpha value is -2.69. The van der Waals surface area contributed by atoms with Crippen molar-refractivity contribution < 1.29 is 14.0 Å². The lowest BCUT2D eigenvalue weighted by atomic mass is 10.0. The van der Waals surface area contributed by atoms with Crippen LogP contribution in [0.1, 0.15) is 43.4 Å². The molecule has 150 valence electrons. The highest BCUT2D eigenvalue weighted by Gasteiger charge is 2.27. The van der Waals surface area contributed by atoms with Crippen molar-refractivity contribution in [2.45, 2.75) is 52.1 Å². The van der Waals surface area contributed by atoms with Gasteiger partial charge in [0.05, 0.1) is 0 Å². The molecule has 0 bridgehead atoms. The maximum Gasteiger partial charge on any atom is 0.242 e. The maximum atomic E-state index is 13.2. The number of carbonyl (C=O) groups is 2. The van der Waals surface area contributed by atoms with E-state index in [9.17, 15) is 14.0 Å². The van der Waals surface area contributed by atoms with Gasteiger partial charge in [0.2, 0.25) is 11.8 Å². The first kappa shape index (κ1) is 21.6. The number of hydrogen-bond acceptors (Lipinski definition) is 2. The van der Waals surface area contributed by atoms with E-state index in [1.807, 2.05) is 19.1 Å². The standard InChI is InChI=1S/C23H29FN2O2/c1-4-17-6-8-18(9-7-17)12-15-22(27)26(21(5-2)23(28)25-3)16-19-10-13-20(24)14-11-19/h6-11,13-14,21H,4-5,12,15-16H2,1-3H3,(H,25,28)/t21-/m0/s1. The highest BCUT2D eigenvalue weighted by atomic mass is 19.1. The largest absolute Gasteiger partial charge is 0.357 e. The zero-order valence-corrected chi connectivity index (χ0v) is 16.9. The van der Waals surface area contributed by atoms with Gasteiger partial charge in [0, 0.05) is 20.0 Å². The van der Waals surface area contributed by atoms with E-state index in [2.05, 4.69) is 24.4 Å². The summed E-state index contributed by atoms with van der Waals surface area (Å²) in [6.45, 7) is 4.27. The van der Waals surface area contributed by atoms with Gasteiger partial charge in [-0.25, -0.2) is 4.39 Å². The molecule has 0 saturated carbocycles. The number of likely N-dealkylation sites (N-methyl/N-ethyl adjacent to an activating group) is 1. The maximum absolute atomic E-state index is 13.2. The molecule has 5 heteroatoms. The molecular formula is C23H29FN2O2. The minimum Gasteiger partial charge on any atom is -0.357 e. The highest BCUT2D eigenvalue weighted by Crippen LogP contribution is 2.16. The Kier molecular flexibility index (Phi) is 8.18. The van der Waals surface area contributed by atoms with Gasteiger partial charge in [-0.15, -0.1) is 0 Å². The van der Waals surface area contributed by atoms with Crippen LogP contribution in [0.2, 0.25) is 0 Å². The molecule has 0 unspecified atom stereocenters. The lowest BCUT2D eigenvalue weighted by Crippen LogP contribution is -2.48. The summed E-state index contributed by atoms with van der Waals surface area (Å²) >= 11 is 0. The van der Waals surface area contributed by atoms with E-state index in [4.69, 9.17) is 0 Å². The molecule has 2 aromatic rings. The quantitative estimate of drug-likeness (QED) is 0.713. The molecule has 1 atom stereocenters. The molecule has 0 spiro atoms. The van der Waals surface area contributed by atoms with E-state index < -0.39 is 6.04 Å². The van der Waals surface area contributed by atoms with Gasteiger partial charge < -0.3 is 10.2 Å². The van der Waals surface area contributed by atoms with Crippen LogP contribution >= 0.6 is 0 Å². The first-order chi connectivity index (χ1) is 13.5. The fourth-order valence-electron chi connectivity index (χ4n) is 3.21. The van der Waals surface area contributed by atoms with Crippen LogP contribution < -0.4 is 5.32 Å². The van der Waals surface area contributed by atoms with Crippen molar-refractivity contribution in [1.29, 1.82) is 0 Å². The predicted molar refractivity (Wildman–Crippen MR) is 109 cm³/mol. The molecule has 0 aliphatic rings. The number of carbonyl (C=O) groups excluding carboxylic acids is 2. The number of hydrogen-bond donors (Lipinski definition) is 1. The molecule has 28 heavy (non-hydrogen) atoms. The lowest BCUT2D eigenvalue weighted by Gasteiger charge is -2.30. The van der Waals surface area contributed by atoms with E-state index in [0.717, 1.165) is 17.5 Å². The third-order valence-corrected chi connectivity index (χ3v) is 4.96. The van der Waals surface area contributed by atoms with Crippen LogP contribution in [0.25, 0.3) is 0 Å². The van der Waals surface area contributed by atoms with Crippen LogP contribution in [0, 0.1) is 5.82 Å². The number of benzene rings is 2. The van der Waals surface area contributed by atoms with Crippen LogP contribution in [0.4, 0.5) is 4.39 Å². The topological polar surface area (TPSA) is 49.4 Å². The number of rotatable bonds is 9. The molecular weight excluding hydrogens is 355 g/mol. The molecule has 0 radical (unpaired) electrons. The predicted octanol–water partition coefficient (Wildman–Crippen LogP) is 3.87. The summed E-state index contributed by atoms with van der Waals surface area (Å²) in [5, 5.41) is 2.64. The number of nitrogens with one attached hydrogen (secondary N) is 1. The van der Waals surface area contributed by atoms with Crippen LogP contribution in [0.15, 0.2) is 48.5 Å². The summed E-state index contributed by atoms with van der Waals surface area (Å²) in [6, 6.07) is 13.7. The Bertz CT molecular complexity index is 772. The van der Waals surface area contributed by atoms with Crippen molar-refractivity contribution in [3.8, 4) is 0 Å². The summed E-state index contributed by atoms with van der Waals surface area (Å²) in [6.07, 6.45) is 2.43.